The standard InChI is InChI=1S/C21H25NO5/c1-11(2)27-21(24)20-12(3)19-15(22-20)8-14(9-16(19)23)13-6-7-17(25-4)18(10-13)26-5/h6-7,10-11,14,22H,8-9H2,1-5H3/t14-/m0/s1. The van der Waals surface area contributed by atoms with E-state index in [0.717, 1.165) is 11.3 Å². The zero-order chi connectivity index (χ0) is 19.7. The van der Waals surface area contributed by atoms with Gasteiger partial charge < -0.3 is 19.2 Å². The predicted molar refractivity (Wildman–Crippen MR) is 101 cm³/mol. The Kier molecular flexibility index (Phi) is 5.26. The Morgan fingerprint density at radius 3 is 2.48 bits per heavy atom. The van der Waals surface area contributed by atoms with Crippen LogP contribution in [0.15, 0.2) is 18.2 Å². The van der Waals surface area contributed by atoms with E-state index >= 15 is 0 Å². The van der Waals surface area contributed by atoms with E-state index in [0.29, 0.717) is 41.2 Å². The molecule has 6 heteroatoms. The van der Waals surface area contributed by atoms with Crippen LogP contribution in [-0.2, 0) is 11.2 Å². The van der Waals surface area contributed by atoms with Gasteiger partial charge in [-0.3, -0.25) is 4.79 Å². The van der Waals surface area contributed by atoms with E-state index < -0.39 is 5.97 Å². The minimum absolute atomic E-state index is 0.0109. The smallest absolute Gasteiger partial charge is 0.355 e. The lowest BCUT2D eigenvalue weighted by Gasteiger charge is -2.23. The highest BCUT2D eigenvalue weighted by molar-refractivity contribution is 6.03. The van der Waals surface area contributed by atoms with Crippen LogP contribution >= 0.6 is 0 Å². The van der Waals surface area contributed by atoms with Crippen LogP contribution < -0.4 is 9.47 Å². The van der Waals surface area contributed by atoms with Gasteiger partial charge >= 0.3 is 5.97 Å². The number of nitrogens with one attached hydrogen (secondary N) is 1. The average molecular weight is 371 g/mol. The fraction of sp³-hybridized carbons (Fsp3) is 0.429. The van der Waals surface area contributed by atoms with Crippen LogP contribution in [0.2, 0.25) is 0 Å². The number of aromatic amines is 1. The second-order valence-corrected chi connectivity index (χ2v) is 7.08. The fourth-order valence-electron chi connectivity index (χ4n) is 3.65. The molecular formula is C21H25NO5. The van der Waals surface area contributed by atoms with Crippen molar-refractivity contribution in [2.24, 2.45) is 0 Å². The van der Waals surface area contributed by atoms with Gasteiger partial charge in [-0.15, -0.1) is 0 Å². The SMILES string of the molecule is COc1ccc([C@@H]2CC(=O)c3c([nH]c(C(=O)OC(C)C)c3C)C2)cc1OC. The van der Waals surface area contributed by atoms with E-state index in [4.69, 9.17) is 14.2 Å². The number of aromatic nitrogens is 1. The van der Waals surface area contributed by atoms with Crippen LogP contribution in [0, 0.1) is 6.92 Å². The van der Waals surface area contributed by atoms with Crippen molar-refractivity contribution in [3.8, 4) is 11.5 Å². The predicted octanol–water partition coefficient (Wildman–Crippen LogP) is 3.82. The molecule has 144 valence electrons. The van der Waals surface area contributed by atoms with E-state index in [2.05, 4.69) is 4.98 Å². The Morgan fingerprint density at radius 1 is 1.15 bits per heavy atom. The molecule has 1 N–H and O–H groups in total. The number of carbonyl (C=O) groups excluding carboxylic acids is 2. The van der Waals surface area contributed by atoms with E-state index in [9.17, 15) is 9.59 Å². The molecule has 2 aromatic rings. The molecule has 1 aromatic heterocycles. The number of ketones is 1. The van der Waals surface area contributed by atoms with Crippen molar-refractivity contribution in [2.45, 2.75) is 45.6 Å². The van der Waals surface area contributed by atoms with Gasteiger partial charge in [0.05, 0.1) is 20.3 Å². The molecule has 0 aliphatic heterocycles. The highest BCUT2D eigenvalue weighted by atomic mass is 16.5. The first-order chi connectivity index (χ1) is 12.8. The molecule has 0 radical (unpaired) electrons. The normalized spacial score (nSPS) is 16.2. The Hall–Kier alpha value is -2.76. The van der Waals surface area contributed by atoms with Gasteiger partial charge in [0.1, 0.15) is 5.69 Å². The molecule has 1 aromatic carbocycles. The van der Waals surface area contributed by atoms with Gasteiger partial charge in [-0.1, -0.05) is 6.07 Å². The number of methoxy groups -OCH3 is 2. The van der Waals surface area contributed by atoms with Crippen LogP contribution in [0.4, 0.5) is 0 Å². The largest absolute Gasteiger partial charge is 0.493 e. The number of Topliss-reactive ketones (excluding diaryl/α,β-unsaturated/α-hetero) is 1. The van der Waals surface area contributed by atoms with E-state index in [1.54, 1.807) is 35.0 Å². The number of benzene rings is 1. The van der Waals surface area contributed by atoms with E-state index in [-0.39, 0.29) is 17.8 Å². The number of H-pyrrole nitrogens is 1. The highest BCUT2D eigenvalue weighted by Crippen LogP contribution is 2.38. The summed E-state index contributed by atoms with van der Waals surface area (Å²) in [4.78, 5) is 28.2. The summed E-state index contributed by atoms with van der Waals surface area (Å²) in [5.41, 5.74) is 3.47. The van der Waals surface area contributed by atoms with Gasteiger partial charge in [0, 0.05) is 17.7 Å². The lowest BCUT2D eigenvalue weighted by molar-refractivity contribution is 0.0370. The Bertz CT molecular complexity index is 881. The number of esters is 1. The fourth-order valence-corrected chi connectivity index (χ4v) is 3.65. The number of carbonyl (C=O) groups is 2. The Balaban J connectivity index is 1.93. The van der Waals surface area contributed by atoms with Gasteiger partial charge in [-0.25, -0.2) is 4.79 Å². The van der Waals surface area contributed by atoms with Crippen LogP contribution in [0.5, 0.6) is 11.5 Å². The van der Waals surface area contributed by atoms with Gasteiger partial charge in [-0.05, 0) is 56.4 Å². The molecule has 0 saturated carbocycles. The maximum absolute atomic E-state index is 12.8. The van der Waals surface area contributed by atoms with Crippen LogP contribution in [0.3, 0.4) is 0 Å². The summed E-state index contributed by atoms with van der Waals surface area (Å²) >= 11 is 0. The number of rotatable bonds is 5. The highest BCUT2D eigenvalue weighted by Gasteiger charge is 2.32. The van der Waals surface area contributed by atoms with Crippen LogP contribution in [-0.4, -0.2) is 37.1 Å². The van der Waals surface area contributed by atoms with Gasteiger partial charge in [0.2, 0.25) is 0 Å². The molecule has 0 fully saturated rings. The van der Waals surface area contributed by atoms with E-state index in [1.165, 1.54) is 0 Å². The van der Waals surface area contributed by atoms with Crippen molar-refractivity contribution < 1.29 is 23.8 Å². The second kappa shape index (κ2) is 7.47. The second-order valence-electron chi connectivity index (χ2n) is 7.08. The maximum Gasteiger partial charge on any atom is 0.355 e. The lowest BCUT2D eigenvalue weighted by atomic mass is 9.81. The first-order valence-electron chi connectivity index (χ1n) is 9.03. The Labute approximate surface area is 158 Å². The topological polar surface area (TPSA) is 77.6 Å². The average Bonchev–Trinajstić information content (AvgIpc) is 2.97. The summed E-state index contributed by atoms with van der Waals surface area (Å²) < 4.78 is 15.9. The molecular weight excluding hydrogens is 346 g/mol. The van der Waals surface area contributed by atoms with Crippen LogP contribution in [0.1, 0.15) is 63.9 Å². The van der Waals surface area contributed by atoms with Crippen molar-refractivity contribution in [1.82, 2.24) is 4.98 Å². The van der Waals surface area contributed by atoms with Gasteiger partial charge in [0.25, 0.3) is 0 Å². The number of fused-ring (bicyclic) bond motifs is 1. The summed E-state index contributed by atoms with van der Waals surface area (Å²) in [5, 5.41) is 0. The molecule has 1 aliphatic carbocycles. The molecule has 0 unspecified atom stereocenters. The molecule has 1 heterocycles. The third-order valence-electron chi connectivity index (χ3n) is 4.91. The first kappa shape index (κ1) is 19.0. The number of ether oxygens (including phenoxy) is 3. The third-order valence-corrected chi connectivity index (χ3v) is 4.91. The molecule has 0 bridgehead atoms. The minimum Gasteiger partial charge on any atom is -0.493 e. The van der Waals surface area contributed by atoms with Crippen molar-refractivity contribution in [2.75, 3.05) is 14.2 Å². The zero-order valence-corrected chi connectivity index (χ0v) is 16.3. The number of hydrogen-bond acceptors (Lipinski definition) is 5. The Morgan fingerprint density at radius 2 is 1.85 bits per heavy atom. The molecule has 0 spiro atoms. The third kappa shape index (κ3) is 3.56. The van der Waals surface area contributed by atoms with Crippen LogP contribution in [0.25, 0.3) is 0 Å². The lowest BCUT2D eigenvalue weighted by Crippen LogP contribution is -2.18. The van der Waals surface area contributed by atoms with Gasteiger partial charge in [0.15, 0.2) is 17.3 Å². The summed E-state index contributed by atoms with van der Waals surface area (Å²) in [5.74, 6) is 0.910. The molecule has 1 aliphatic rings. The quantitative estimate of drug-likeness (QED) is 0.809. The van der Waals surface area contributed by atoms with E-state index in [1.807, 2.05) is 18.2 Å². The van der Waals surface area contributed by atoms with Crippen molar-refractivity contribution in [1.29, 1.82) is 0 Å². The molecule has 0 saturated heterocycles. The summed E-state index contributed by atoms with van der Waals surface area (Å²) in [6.07, 6.45) is 0.819. The monoisotopic (exact) mass is 371 g/mol. The molecule has 6 nitrogen and oxygen atoms in total. The van der Waals surface area contributed by atoms with Crippen molar-refractivity contribution in [3.05, 3.63) is 46.3 Å². The van der Waals surface area contributed by atoms with Crippen molar-refractivity contribution >= 4 is 11.8 Å². The summed E-state index contributed by atoms with van der Waals surface area (Å²) in [6, 6.07) is 5.71. The molecule has 3 rings (SSSR count). The molecule has 0 amide bonds. The molecule has 27 heavy (non-hydrogen) atoms. The molecule has 1 atom stereocenters. The number of hydrogen-bond donors (Lipinski definition) is 1. The maximum atomic E-state index is 12.8. The first-order valence-corrected chi connectivity index (χ1v) is 9.03. The zero-order valence-electron chi connectivity index (χ0n) is 16.3. The summed E-state index contributed by atoms with van der Waals surface area (Å²) in [6.45, 7) is 5.39. The van der Waals surface area contributed by atoms with Crippen molar-refractivity contribution in [3.63, 3.8) is 0 Å². The van der Waals surface area contributed by atoms with Gasteiger partial charge in [-0.2, -0.15) is 0 Å². The summed E-state index contributed by atoms with van der Waals surface area (Å²) in [7, 11) is 3.18. The minimum atomic E-state index is -0.424.